The van der Waals surface area contributed by atoms with Crippen molar-refractivity contribution in [2.45, 2.75) is 24.7 Å². The zero-order valence-electron chi connectivity index (χ0n) is 7.19. The van der Waals surface area contributed by atoms with Crippen molar-refractivity contribution < 1.29 is 0 Å². The van der Waals surface area contributed by atoms with Gasteiger partial charge in [0, 0.05) is 17.3 Å². The highest BCUT2D eigenvalue weighted by Crippen LogP contribution is 2.16. The Morgan fingerprint density at radius 2 is 2.33 bits per heavy atom. The van der Waals surface area contributed by atoms with Crippen molar-refractivity contribution in [2.75, 3.05) is 5.75 Å². The Kier molecular flexibility index (Phi) is 7.31. The normalized spacial score (nSPS) is 9.08. The van der Waals surface area contributed by atoms with E-state index in [1.807, 2.05) is 30.2 Å². The van der Waals surface area contributed by atoms with Crippen LogP contribution in [0.4, 0.5) is 0 Å². The molecular weight excluding hydrogens is 190 g/mol. The van der Waals surface area contributed by atoms with Crippen molar-refractivity contribution in [1.29, 1.82) is 0 Å². The van der Waals surface area contributed by atoms with Gasteiger partial charge in [0.1, 0.15) is 0 Å². The second-order valence-electron chi connectivity index (χ2n) is 2.39. The molecule has 0 aromatic carbocycles. The van der Waals surface area contributed by atoms with E-state index in [-0.39, 0.29) is 12.4 Å². The third-order valence-corrected chi connectivity index (χ3v) is 2.47. The summed E-state index contributed by atoms with van der Waals surface area (Å²) in [6.07, 6.45) is 6.29. The average Bonchev–Trinajstić information content (AvgIpc) is 2.07. The first-order chi connectivity index (χ1) is 5.43. The number of pyridine rings is 1. The van der Waals surface area contributed by atoms with Gasteiger partial charge in [-0.2, -0.15) is 0 Å². The first kappa shape index (κ1) is 11.8. The van der Waals surface area contributed by atoms with Crippen LogP contribution in [0.25, 0.3) is 0 Å². The summed E-state index contributed by atoms with van der Waals surface area (Å²) in [6.45, 7) is 2.21. The van der Waals surface area contributed by atoms with Crippen LogP contribution in [0.15, 0.2) is 29.4 Å². The summed E-state index contributed by atoms with van der Waals surface area (Å²) in [6, 6.07) is 4.08. The van der Waals surface area contributed by atoms with Crippen LogP contribution in [0, 0.1) is 0 Å². The molecule has 0 amide bonds. The minimum atomic E-state index is 0. The van der Waals surface area contributed by atoms with Gasteiger partial charge in [0.2, 0.25) is 0 Å². The largest absolute Gasteiger partial charge is 0.264 e. The summed E-state index contributed by atoms with van der Waals surface area (Å²) in [5, 5.41) is 0. The number of nitrogens with zero attached hydrogens (tertiary/aromatic N) is 1. The molecule has 0 radical (unpaired) electrons. The van der Waals surface area contributed by atoms with Crippen molar-refractivity contribution >= 4 is 24.2 Å². The van der Waals surface area contributed by atoms with E-state index in [9.17, 15) is 0 Å². The maximum Gasteiger partial charge on any atom is 0.0403 e. The summed E-state index contributed by atoms with van der Waals surface area (Å²) >= 11 is 1.88. The summed E-state index contributed by atoms with van der Waals surface area (Å²) in [5.41, 5.74) is 0. The Bertz CT molecular complexity index is 191. The zero-order chi connectivity index (χ0) is 7.94. The van der Waals surface area contributed by atoms with E-state index in [1.165, 1.54) is 23.5 Å². The molecule has 0 saturated carbocycles. The molecule has 0 fully saturated rings. The Labute approximate surface area is 84.4 Å². The molecule has 12 heavy (non-hydrogen) atoms. The van der Waals surface area contributed by atoms with Gasteiger partial charge in [0.25, 0.3) is 0 Å². The Balaban J connectivity index is 0.00000121. The van der Waals surface area contributed by atoms with Crippen molar-refractivity contribution in [3.05, 3.63) is 24.5 Å². The quantitative estimate of drug-likeness (QED) is 0.550. The van der Waals surface area contributed by atoms with Gasteiger partial charge < -0.3 is 0 Å². The first-order valence-corrected chi connectivity index (χ1v) is 4.95. The molecule has 1 heterocycles. The SMILES string of the molecule is CCCCSc1cccnc1.Cl. The van der Waals surface area contributed by atoms with Crippen LogP contribution < -0.4 is 0 Å². The van der Waals surface area contributed by atoms with Gasteiger partial charge in [0.05, 0.1) is 0 Å². The number of rotatable bonds is 4. The molecule has 0 atom stereocenters. The van der Waals surface area contributed by atoms with E-state index in [1.54, 1.807) is 0 Å². The van der Waals surface area contributed by atoms with E-state index >= 15 is 0 Å². The fraction of sp³-hybridized carbons (Fsp3) is 0.444. The molecule has 0 unspecified atom stereocenters. The molecule has 1 rings (SSSR count). The monoisotopic (exact) mass is 203 g/mol. The predicted octanol–water partition coefficient (Wildman–Crippen LogP) is 3.40. The molecule has 0 bridgehead atoms. The van der Waals surface area contributed by atoms with Crippen LogP contribution >= 0.6 is 24.2 Å². The fourth-order valence-corrected chi connectivity index (χ4v) is 1.75. The van der Waals surface area contributed by atoms with Gasteiger partial charge in [-0.05, 0) is 24.3 Å². The lowest BCUT2D eigenvalue weighted by Gasteiger charge is -1.97. The second kappa shape index (κ2) is 7.44. The molecule has 0 aliphatic heterocycles. The van der Waals surface area contributed by atoms with Crippen molar-refractivity contribution in [3.63, 3.8) is 0 Å². The van der Waals surface area contributed by atoms with E-state index in [0.717, 1.165) is 0 Å². The number of thioether (sulfide) groups is 1. The van der Waals surface area contributed by atoms with Gasteiger partial charge >= 0.3 is 0 Å². The molecule has 0 saturated heterocycles. The molecule has 0 aliphatic rings. The molecular formula is C9H14ClNS. The highest BCUT2D eigenvalue weighted by atomic mass is 35.5. The molecule has 0 spiro atoms. The number of halogens is 1. The maximum absolute atomic E-state index is 4.04. The van der Waals surface area contributed by atoms with Gasteiger partial charge in [-0.25, -0.2) is 0 Å². The zero-order valence-corrected chi connectivity index (χ0v) is 8.83. The number of hydrogen-bond acceptors (Lipinski definition) is 2. The van der Waals surface area contributed by atoms with Gasteiger partial charge in [0.15, 0.2) is 0 Å². The number of aromatic nitrogens is 1. The van der Waals surface area contributed by atoms with Gasteiger partial charge in [-0.1, -0.05) is 13.3 Å². The lowest BCUT2D eigenvalue weighted by Crippen LogP contribution is -1.78. The van der Waals surface area contributed by atoms with Crippen molar-refractivity contribution in [2.24, 2.45) is 0 Å². The van der Waals surface area contributed by atoms with Crippen LogP contribution in [0.1, 0.15) is 19.8 Å². The van der Waals surface area contributed by atoms with E-state index in [4.69, 9.17) is 0 Å². The smallest absolute Gasteiger partial charge is 0.0403 e. The molecule has 0 N–H and O–H groups in total. The summed E-state index contributed by atoms with van der Waals surface area (Å²) < 4.78 is 0. The van der Waals surface area contributed by atoms with Gasteiger partial charge in [-0.3, -0.25) is 4.98 Å². The Morgan fingerprint density at radius 1 is 1.50 bits per heavy atom. The minimum absolute atomic E-state index is 0. The third-order valence-electron chi connectivity index (χ3n) is 1.40. The summed E-state index contributed by atoms with van der Waals surface area (Å²) in [4.78, 5) is 5.32. The maximum atomic E-state index is 4.04. The van der Waals surface area contributed by atoms with E-state index in [2.05, 4.69) is 18.0 Å². The van der Waals surface area contributed by atoms with Gasteiger partial charge in [-0.15, -0.1) is 24.2 Å². The van der Waals surface area contributed by atoms with E-state index in [0.29, 0.717) is 0 Å². The fourth-order valence-electron chi connectivity index (χ4n) is 0.767. The van der Waals surface area contributed by atoms with Crippen LogP contribution in [0.2, 0.25) is 0 Å². The lowest BCUT2D eigenvalue weighted by molar-refractivity contribution is 0.896. The van der Waals surface area contributed by atoms with Crippen molar-refractivity contribution in [1.82, 2.24) is 4.98 Å². The molecule has 1 nitrogen and oxygen atoms in total. The lowest BCUT2D eigenvalue weighted by atomic mass is 10.4. The highest BCUT2D eigenvalue weighted by molar-refractivity contribution is 7.99. The molecule has 1 aromatic rings. The second-order valence-corrected chi connectivity index (χ2v) is 3.56. The Morgan fingerprint density at radius 3 is 2.92 bits per heavy atom. The molecule has 3 heteroatoms. The van der Waals surface area contributed by atoms with Crippen molar-refractivity contribution in [3.8, 4) is 0 Å². The average molecular weight is 204 g/mol. The van der Waals surface area contributed by atoms with Crippen LogP contribution in [-0.2, 0) is 0 Å². The number of hydrogen-bond donors (Lipinski definition) is 0. The molecule has 1 aromatic heterocycles. The summed E-state index contributed by atoms with van der Waals surface area (Å²) in [5.74, 6) is 1.21. The standard InChI is InChI=1S/C9H13NS.ClH/c1-2-3-7-11-9-5-4-6-10-8-9;/h4-6,8H,2-3,7H2,1H3;1H. The molecule has 0 aliphatic carbocycles. The molecule has 68 valence electrons. The number of unbranched alkanes of at least 4 members (excludes halogenated alkanes) is 1. The topological polar surface area (TPSA) is 12.9 Å². The van der Waals surface area contributed by atoms with E-state index < -0.39 is 0 Å². The third kappa shape index (κ3) is 4.62. The predicted molar refractivity (Wildman–Crippen MR) is 57.1 cm³/mol. The minimum Gasteiger partial charge on any atom is -0.264 e. The highest BCUT2D eigenvalue weighted by Gasteiger charge is 1.90. The van der Waals surface area contributed by atoms with Crippen LogP contribution in [0.5, 0.6) is 0 Å². The summed E-state index contributed by atoms with van der Waals surface area (Å²) in [7, 11) is 0. The van der Waals surface area contributed by atoms with Crippen LogP contribution in [0.3, 0.4) is 0 Å². The first-order valence-electron chi connectivity index (χ1n) is 3.96. The van der Waals surface area contributed by atoms with Crippen LogP contribution in [-0.4, -0.2) is 10.7 Å². The Hall–Kier alpha value is -0.210.